The van der Waals surface area contributed by atoms with Crippen LogP contribution < -0.4 is 5.32 Å². The quantitative estimate of drug-likeness (QED) is 0.821. The number of hydrogen-bond donors (Lipinski definition) is 2. The molecule has 1 saturated heterocycles. The number of nitrogens with one attached hydrogen (secondary N) is 1. The number of carboxylic acid groups (broad SMARTS) is 1. The lowest BCUT2D eigenvalue weighted by molar-refractivity contribution is -0.139. The summed E-state index contributed by atoms with van der Waals surface area (Å²) >= 11 is 0. The van der Waals surface area contributed by atoms with Crippen LogP contribution in [-0.4, -0.2) is 55.9 Å². The van der Waals surface area contributed by atoms with E-state index in [1.807, 2.05) is 13.8 Å². The van der Waals surface area contributed by atoms with Gasteiger partial charge in [0.25, 0.3) is 0 Å². The van der Waals surface area contributed by atoms with Crippen molar-refractivity contribution in [2.45, 2.75) is 77.3 Å². The molecule has 0 aromatic carbocycles. The molecule has 1 fully saturated rings. The van der Waals surface area contributed by atoms with Gasteiger partial charge in [-0.3, -0.25) is 0 Å². The number of likely N-dealkylation sites (tertiary alicyclic amines) is 1. The van der Waals surface area contributed by atoms with Gasteiger partial charge >= 0.3 is 12.0 Å². The van der Waals surface area contributed by atoms with E-state index in [0.717, 1.165) is 37.5 Å². The summed E-state index contributed by atoms with van der Waals surface area (Å²) in [5.74, 6) is 1.72. The number of piperidine rings is 1. The Kier molecular flexibility index (Phi) is 6.34. The van der Waals surface area contributed by atoms with Crippen molar-refractivity contribution >= 4 is 12.0 Å². The van der Waals surface area contributed by atoms with Crippen molar-refractivity contribution in [3.8, 4) is 0 Å². The predicted molar refractivity (Wildman–Crippen MR) is 101 cm³/mol. The molecule has 0 bridgehead atoms. The minimum atomic E-state index is -0.974. The average molecular weight is 377 g/mol. The van der Waals surface area contributed by atoms with Gasteiger partial charge in [0.05, 0.1) is 0 Å². The molecule has 1 atom stereocenters. The summed E-state index contributed by atoms with van der Waals surface area (Å²) in [5, 5.41) is 20.8. The van der Waals surface area contributed by atoms with Crippen molar-refractivity contribution in [1.29, 1.82) is 0 Å². The van der Waals surface area contributed by atoms with Crippen LogP contribution in [0.3, 0.4) is 0 Å². The maximum atomic E-state index is 12.5. The second kappa shape index (κ2) is 8.71. The molecule has 0 unspecified atom stereocenters. The van der Waals surface area contributed by atoms with Crippen LogP contribution in [0.25, 0.3) is 0 Å². The number of amides is 2. The summed E-state index contributed by atoms with van der Waals surface area (Å²) in [6.45, 7) is 6.14. The first-order valence-corrected chi connectivity index (χ1v) is 10.2. The van der Waals surface area contributed by atoms with E-state index in [9.17, 15) is 14.7 Å². The number of carbonyl (C=O) groups excluding carboxylic acids is 1. The Labute approximate surface area is 160 Å². The standard InChI is InChI=1S/C19H31N5O3/c1-13(2)12-15(18(25)26)20-19(27)23-10-7-14(8-11-23)17-22-21-16-6-4-3-5-9-24(16)17/h13-15H,3-12H2,1-2H3,(H,20,27)(H,25,26)/t15-/m0/s1. The molecule has 2 aliphatic heterocycles. The third-order valence-corrected chi connectivity index (χ3v) is 5.59. The lowest BCUT2D eigenvalue weighted by atomic mass is 9.96. The van der Waals surface area contributed by atoms with Crippen molar-refractivity contribution in [3.63, 3.8) is 0 Å². The highest BCUT2D eigenvalue weighted by Gasteiger charge is 2.30. The molecule has 2 N–H and O–H groups in total. The average Bonchev–Trinajstić information content (AvgIpc) is 2.89. The Morgan fingerprint density at radius 3 is 2.56 bits per heavy atom. The van der Waals surface area contributed by atoms with Gasteiger partial charge in [0, 0.05) is 32.0 Å². The molecule has 0 aliphatic carbocycles. The van der Waals surface area contributed by atoms with Crippen molar-refractivity contribution in [1.82, 2.24) is 25.0 Å². The smallest absolute Gasteiger partial charge is 0.326 e. The van der Waals surface area contributed by atoms with Crippen LogP contribution >= 0.6 is 0 Å². The number of carbonyl (C=O) groups is 2. The molecular formula is C19H31N5O3. The SMILES string of the molecule is CC(C)C[C@H](NC(=O)N1CCC(c2nnc3n2CCCCC3)CC1)C(=O)O. The molecule has 3 rings (SSSR count). The summed E-state index contributed by atoms with van der Waals surface area (Å²) < 4.78 is 2.29. The molecule has 0 radical (unpaired) electrons. The van der Waals surface area contributed by atoms with Crippen LogP contribution in [0.4, 0.5) is 4.79 Å². The summed E-state index contributed by atoms with van der Waals surface area (Å²) in [4.78, 5) is 25.6. The van der Waals surface area contributed by atoms with E-state index in [2.05, 4.69) is 20.1 Å². The second-order valence-corrected chi connectivity index (χ2v) is 8.17. The van der Waals surface area contributed by atoms with Crippen molar-refractivity contribution in [2.75, 3.05) is 13.1 Å². The third kappa shape index (κ3) is 4.78. The van der Waals surface area contributed by atoms with Crippen LogP contribution in [0.2, 0.25) is 0 Å². The first-order chi connectivity index (χ1) is 13.0. The van der Waals surface area contributed by atoms with Gasteiger partial charge in [-0.2, -0.15) is 0 Å². The topological polar surface area (TPSA) is 100 Å². The monoisotopic (exact) mass is 377 g/mol. The van der Waals surface area contributed by atoms with Crippen molar-refractivity contribution in [2.24, 2.45) is 5.92 Å². The Morgan fingerprint density at radius 2 is 1.89 bits per heavy atom. The minimum absolute atomic E-state index is 0.209. The number of nitrogens with zero attached hydrogens (tertiary/aromatic N) is 4. The van der Waals surface area contributed by atoms with Crippen molar-refractivity contribution < 1.29 is 14.7 Å². The highest BCUT2D eigenvalue weighted by atomic mass is 16.4. The van der Waals surface area contributed by atoms with E-state index in [1.165, 1.54) is 19.3 Å². The molecule has 8 nitrogen and oxygen atoms in total. The van der Waals surface area contributed by atoms with Crippen LogP contribution in [0.1, 0.15) is 69.9 Å². The molecule has 27 heavy (non-hydrogen) atoms. The number of fused-ring (bicyclic) bond motifs is 1. The zero-order valence-electron chi connectivity index (χ0n) is 16.4. The fourth-order valence-corrected chi connectivity index (χ4v) is 4.08. The maximum Gasteiger partial charge on any atom is 0.326 e. The van der Waals surface area contributed by atoms with E-state index in [-0.39, 0.29) is 11.9 Å². The summed E-state index contributed by atoms with van der Waals surface area (Å²) in [6, 6.07) is -1.11. The van der Waals surface area contributed by atoms with Gasteiger partial charge in [0.15, 0.2) is 0 Å². The first-order valence-electron chi connectivity index (χ1n) is 10.2. The number of aromatic nitrogens is 3. The predicted octanol–water partition coefficient (Wildman–Crippen LogP) is 2.39. The summed E-state index contributed by atoms with van der Waals surface area (Å²) in [6.07, 6.45) is 6.71. The van der Waals surface area contributed by atoms with Crippen LogP contribution in [0.5, 0.6) is 0 Å². The van der Waals surface area contributed by atoms with Gasteiger partial charge in [0.1, 0.15) is 17.7 Å². The highest BCUT2D eigenvalue weighted by molar-refractivity contribution is 5.82. The lowest BCUT2D eigenvalue weighted by Gasteiger charge is -2.32. The number of aliphatic carboxylic acids is 1. The molecule has 8 heteroatoms. The second-order valence-electron chi connectivity index (χ2n) is 8.17. The third-order valence-electron chi connectivity index (χ3n) is 5.59. The van der Waals surface area contributed by atoms with Crippen LogP contribution in [-0.2, 0) is 17.8 Å². The van der Waals surface area contributed by atoms with Gasteiger partial charge in [-0.15, -0.1) is 10.2 Å². The number of carboxylic acids is 1. The van der Waals surface area contributed by atoms with E-state index < -0.39 is 12.0 Å². The van der Waals surface area contributed by atoms with Crippen LogP contribution in [0.15, 0.2) is 0 Å². The Hall–Kier alpha value is -2.12. The first kappa shape index (κ1) is 19.6. The fourth-order valence-electron chi connectivity index (χ4n) is 4.08. The minimum Gasteiger partial charge on any atom is -0.480 e. The number of rotatable bonds is 5. The van der Waals surface area contributed by atoms with Gasteiger partial charge in [0.2, 0.25) is 0 Å². The Balaban J connectivity index is 1.56. The largest absolute Gasteiger partial charge is 0.480 e. The summed E-state index contributed by atoms with van der Waals surface area (Å²) in [7, 11) is 0. The van der Waals surface area contributed by atoms with E-state index in [1.54, 1.807) is 4.90 Å². The molecular weight excluding hydrogens is 346 g/mol. The zero-order valence-corrected chi connectivity index (χ0v) is 16.4. The lowest BCUT2D eigenvalue weighted by Crippen LogP contribution is -2.50. The number of aryl methyl sites for hydroxylation is 1. The maximum absolute atomic E-state index is 12.5. The van der Waals surface area contributed by atoms with E-state index in [4.69, 9.17) is 0 Å². The molecule has 0 spiro atoms. The van der Waals surface area contributed by atoms with Crippen molar-refractivity contribution in [3.05, 3.63) is 11.6 Å². The Bertz CT molecular complexity index is 664. The van der Waals surface area contributed by atoms with E-state index >= 15 is 0 Å². The number of urea groups is 1. The normalized spacial score (nSPS) is 19.4. The van der Waals surface area contributed by atoms with Gasteiger partial charge in [-0.05, 0) is 38.0 Å². The van der Waals surface area contributed by atoms with Gasteiger partial charge in [-0.1, -0.05) is 20.3 Å². The highest BCUT2D eigenvalue weighted by Crippen LogP contribution is 2.29. The molecule has 3 heterocycles. The zero-order chi connectivity index (χ0) is 19.4. The molecule has 1 aromatic rings. The molecule has 150 valence electrons. The molecule has 1 aromatic heterocycles. The van der Waals surface area contributed by atoms with Gasteiger partial charge < -0.3 is 19.9 Å². The van der Waals surface area contributed by atoms with Crippen LogP contribution in [0, 0.1) is 5.92 Å². The summed E-state index contributed by atoms with van der Waals surface area (Å²) in [5.41, 5.74) is 0. The van der Waals surface area contributed by atoms with Gasteiger partial charge in [-0.25, -0.2) is 9.59 Å². The van der Waals surface area contributed by atoms with E-state index in [0.29, 0.717) is 25.4 Å². The molecule has 0 saturated carbocycles. The fraction of sp³-hybridized carbons (Fsp3) is 0.789. The molecule has 2 amide bonds. The molecule has 2 aliphatic rings. The number of hydrogen-bond acceptors (Lipinski definition) is 4. The Morgan fingerprint density at radius 1 is 1.15 bits per heavy atom.